The second-order valence-electron chi connectivity index (χ2n) is 8.32. The third-order valence-electron chi connectivity index (χ3n) is 5.98. The second-order valence-corrected chi connectivity index (χ2v) is 9.21. The average Bonchev–Trinajstić information content (AvgIpc) is 3.47. The van der Waals surface area contributed by atoms with Crippen LogP contribution in [0.15, 0.2) is 54.2 Å². The molecule has 1 aromatic carbocycles. The van der Waals surface area contributed by atoms with Crippen LogP contribution in [-0.4, -0.2) is 39.1 Å². The van der Waals surface area contributed by atoms with E-state index in [0.717, 1.165) is 64.0 Å². The third-order valence-corrected chi connectivity index (χ3v) is 6.90. The zero-order chi connectivity index (χ0) is 22.2. The van der Waals surface area contributed by atoms with Crippen LogP contribution in [0.2, 0.25) is 0 Å². The summed E-state index contributed by atoms with van der Waals surface area (Å²) in [5.74, 6) is 1.67. The van der Waals surface area contributed by atoms with E-state index in [0.29, 0.717) is 12.5 Å². The first kappa shape index (κ1) is 22.6. The van der Waals surface area contributed by atoms with E-state index in [-0.39, 0.29) is 9.92 Å². The first-order valence-corrected chi connectivity index (χ1v) is 12.1. The number of benzene rings is 1. The van der Waals surface area contributed by atoms with Gasteiger partial charge in [0.25, 0.3) is 0 Å². The molecule has 2 aromatic heterocycles. The number of hydrogen-bond donors (Lipinski definition) is 0. The van der Waals surface area contributed by atoms with Crippen LogP contribution in [-0.2, 0) is 24.4 Å². The Bertz CT molecular complexity index is 980. The average molecular weight is 455 g/mol. The molecule has 0 N–H and O–H groups in total. The molecular formula is C24H30N4O3S. The van der Waals surface area contributed by atoms with E-state index in [2.05, 4.69) is 32.8 Å². The number of ether oxygens (including phenoxy) is 1. The minimum Gasteiger partial charge on any atom is -0.377 e. The minimum atomic E-state index is -0.310. The molecule has 1 saturated heterocycles. The van der Waals surface area contributed by atoms with Crippen molar-refractivity contribution in [2.75, 3.05) is 19.7 Å². The van der Waals surface area contributed by atoms with Gasteiger partial charge in [0.05, 0.1) is 11.5 Å². The third kappa shape index (κ3) is 6.25. The molecule has 0 bridgehead atoms. The van der Waals surface area contributed by atoms with Crippen LogP contribution in [0.1, 0.15) is 48.6 Å². The van der Waals surface area contributed by atoms with Crippen molar-refractivity contribution in [3.05, 3.63) is 81.2 Å². The predicted molar refractivity (Wildman–Crippen MR) is 126 cm³/mol. The van der Waals surface area contributed by atoms with E-state index in [4.69, 9.17) is 4.74 Å². The first-order valence-electron chi connectivity index (χ1n) is 11.3. The van der Waals surface area contributed by atoms with Gasteiger partial charge in [0, 0.05) is 49.5 Å². The van der Waals surface area contributed by atoms with Crippen LogP contribution in [0.25, 0.3) is 0 Å². The number of unbranched alkanes of at least 4 members (excludes halogenated alkanes) is 1. The van der Waals surface area contributed by atoms with Crippen molar-refractivity contribution < 1.29 is 9.66 Å². The van der Waals surface area contributed by atoms with Crippen LogP contribution in [0.4, 0.5) is 5.00 Å². The quantitative estimate of drug-likeness (QED) is 0.225. The van der Waals surface area contributed by atoms with Crippen LogP contribution in [0, 0.1) is 10.1 Å². The zero-order valence-corrected chi connectivity index (χ0v) is 19.1. The van der Waals surface area contributed by atoms with E-state index in [9.17, 15) is 10.1 Å². The molecule has 1 fully saturated rings. The largest absolute Gasteiger partial charge is 0.377 e. The normalized spacial score (nSPS) is 15.2. The number of piperidine rings is 1. The molecule has 3 heterocycles. The molecule has 0 amide bonds. The Morgan fingerprint density at radius 3 is 2.72 bits per heavy atom. The van der Waals surface area contributed by atoms with Gasteiger partial charge in [-0.3, -0.25) is 15.0 Å². The number of thiophene rings is 1. The van der Waals surface area contributed by atoms with Crippen molar-refractivity contribution in [1.82, 2.24) is 14.5 Å². The molecule has 32 heavy (non-hydrogen) atoms. The fraction of sp³-hybridized carbons (Fsp3) is 0.458. The number of likely N-dealkylation sites (tertiary alicyclic amines) is 1. The lowest BCUT2D eigenvalue weighted by Crippen LogP contribution is -2.33. The van der Waals surface area contributed by atoms with Gasteiger partial charge < -0.3 is 9.30 Å². The first-order chi connectivity index (χ1) is 15.7. The predicted octanol–water partition coefficient (Wildman–Crippen LogP) is 5.23. The van der Waals surface area contributed by atoms with Gasteiger partial charge in [0.2, 0.25) is 0 Å². The Kier molecular flexibility index (Phi) is 8.03. The highest BCUT2D eigenvalue weighted by atomic mass is 32.1. The van der Waals surface area contributed by atoms with E-state index in [1.807, 2.05) is 29.8 Å². The maximum absolute atomic E-state index is 10.9. The maximum atomic E-state index is 10.9. The van der Waals surface area contributed by atoms with Gasteiger partial charge >= 0.3 is 5.00 Å². The highest BCUT2D eigenvalue weighted by Gasteiger charge is 2.24. The second kappa shape index (κ2) is 11.4. The van der Waals surface area contributed by atoms with Gasteiger partial charge in [-0.05, 0) is 49.9 Å². The molecule has 7 nitrogen and oxygen atoms in total. The highest BCUT2D eigenvalue weighted by Crippen LogP contribution is 2.29. The molecule has 0 spiro atoms. The molecule has 0 aliphatic carbocycles. The number of imidazole rings is 1. The lowest BCUT2D eigenvalue weighted by molar-refractivity contribution is -0.380. The zero-order valence-electron chi connectivity index (χ0n) is 18.3. The Balaban J connectivity index is 1.17. The Labute approximate surface area is 192 Å². The number of aromatic nitrogens is 2. The van der Waals surface area contributed by atoms with Crippen molar-refractivity contribution in [3.63, 3.8) is 0 Å². The molecule has 1 aliphatic rings. The van der Waals surface area contributed by atoms with Crippen molar-refractivity contribution in [3.8, 4) is 0 Å². The summed E-state index contributed by atoms with van der Waals surface area (Å²) in [5.41, 5.74) is 2.25. The number of nitro groups is 1. The van der Waals surface area contributed by atoms with Gasteiger partial charge in [-0.15, -0.1) is 0 Å². The van der Waals surface area contributed by atoms with Gasteiger partial charge in [-0.25, -0.2) is 4.98 Å². The number of nitrogens with zero attached hydrogens (tertiary/aromatic N) is 4. The Hall–Kier alpha value is -2.55. The van der Waals surface area contributed by atoms with E-state index < -0.39 is 0 Å². The summed E-state index contributed by atoms with van der Waals surface area (Å²) >= 11 is 1.21. The summed E-state index contributed by atoms with van der Waals surface area (Å²) in [5, 5.41) is 13.0. The molecule has 0 radical (unpaired) electrons. The van der Waals surface area contributed by atoms with E-state index >= 15 is 0 Å². The maximum Gasteiger partial charge on any atom is 0.324 e. The van der Waals surface area contributed by atoms with E-state index in [1.165, 1.54) is 22.7 Å². The lowest BCUT2D eigenvalue weighted by atomic mass is 9.95. The summed E-state index contributed by atoms with van der Waals surface area (Å²) in [6.45, 7) is 5.20. The standard InChI is InChI=1S/C24H30N4O3S/c29-28(30)23-16-21(19-32-23)17-26-12-8-22(9-13-26)24-25-10-14-27(24)11-4-5-15-31-18-20-6-2-1-3-7-20/h1-3,6-7,10,14,16,19,22H,4-5,8-9,11-13,15,17-18H2. The number of rotatable bonds is 11. The van der Waals surface area contributed by atoms with Gasteiger partial charge in [0.1, 0.15) is 5.82 Å². The van der Waals surface area contributed by atoms with Crippen LogP contribution >= 0.6 is 11.3 Å². The minimum absolute atomic E-state index is 0.224. The molecule has 4 rings (SSSR count). The van der Waals surface area contributed by atoms with Gasteiger partial charge in [0.15, 0.2) is 0 Å². The van der Waals surface area contributed by atoms with Crippen molar-refractivity contribution in [2.45, 2.75) is 51.3 Å². The summed E-state index contributed by atoms with van der Waals surface area (Å²) in [6.07, 6.45) is 8.27. The van der Waals surface area contributed by atoms with Gasteiger partial charge in [-0.2, -0.15) is 0 Å². The molecule has 3 aromatic rings. The number of hydrogen-bond acceptors (Lipinski definition) is 6. The SMILES string of the molecule is O=[N+]([O-])c1cc(CN2CCC(c3nccn3CCCCOCc3ccccc3)CC2)cs1. The molecule has 0 unspecified atom stereocenters. The highest BCUT2D eigenvalue weighted by molar-refractivity contribution is 7.13. The monoisotopic (exact) mass is 454 g/mol. The van der Waals surface area contributed by atoms with Crippen molar-refractivity contribution in [2.24, 2.45) is 0 Å². The Morgan fingerprint density at radius 2 is 1.97 bits per heavy atom. The molecule has 0 saturated carbocycles. The summed E-state index contributed by atoms with van der Waals surface area (Å²) in [4.78, 5) is 17.6. The summed E-state index contributed by atoms with van der Waals surface area (Å²) < 4.78 is 8.10. The molecule has 0 atom stereocenters. The molecular weight excluding hydrogens is 424 g/mol. The van der Waals surface area contributed by atoms with Crippen LogP contribution in [0.5, 0.6) is 0 Å². The van der Waals surface area contributed by atoms with E-state index in [1.54, 1.807) is 6.07 Å². The topological polar surface area (TPSA) is 73.4 Å². The van der Waals surface area contributed by atoms with Crippen molar-refractivity contribution in [1.29, 1.82) is 0 Å². The molecule has 1 aliphatic heterocycles. The lowest BCUT2D eigenvalue weighted by Gasteiger charge is -2.31. The molecule has 170 valence electrons. The van der Waals surface area contributed by atoms with Gasteiger partial charge in [-0.1, -0.05) is 41.7 Å². The number of aryl methyl sites for hydroxylation is 1. The fourth-order valence-electron chi connectivity index (χ4n) is 4.27. The Morgan fingerprint density at radius 1 is 1.16 bits per heavy atom. The fourth-order valence-corrected chi connectivity index (χ4v) is 4.99. The molecule has 8 heteroatoms. The summed E-state index contributed by atoms with van der Waals surface area (Å²) in [6, 6.07) is 12.0. The van der Waals surface area contributed by atoms with Crippen LogP contribution < -0.4 is 0 Å². The smallest absolute Gasteiger partial charge is 0.324 e. The summed E-state index contributed by atoms with van der Waals surface area (Å²) in [7, 11) is 0. The van der Waals surface area contributed by atoms with Crippen molar-refractivity contribution >= 4 is 16.3 Å². The van der Waals surface area contributed by atoms with Crippen LogP contribution in [0.3, 0.4) is 0 Å².